The predicted octanol–water partition coefficient (Wildman–Crippen LogP) is 1.80. The van der Waals surface area contributed by atoms with E-state index in [0.29, 0.717) is 5.56 Å². The van der Waals surface area contributed by atoms with Crippen molar-refractivity contribution in [2.75, 3.05) is 0 Å². The summed E-state index contributed by atoms with van der Waals surface area (Å²) in [6, 6.07) is 8.77. The highest BCUT2D eigenvalue weighted by Crippen LogP contribution is 2.16. The number of rotatable bonds is 4. The van der Waals surface area contributed by atoms with Gasteiger partial charge in [0.1, 0.15) is 18.0 Å². The van der Waals surface area contributed by atoms with E-state index in [-0.39, 0.29) is 18.3 Å². The summed E-state index contributed by atoms with van der Waals surface area (Å²) in [6.07, 6.45) is 0. The predicted molar refractivity (Wildman–Crippen MR) is 63.1 cm³/mol. The second kappa shape index (κ2) is 6.07. The van der Waals surface area contributed by atoms with Crippen molar-refractivity contribution in [2.45, 2.75) is 6.61 Å². The van der Waals surface area contributed by atoms with Crippen molar-refractivity contribution in [3.8, 4) is 23.5 Å². The van der Waals surface area contributed by atoms with Gasteiger partial charge in [0.15, 0.2) is 6.61 Å². The minimum Gasteiger partial charge on any atom is -0.384 e. The maximum absolute atomic E-state index is 13.0. The Kier molecular flexibility index (Phi) is 4.00. The van der Waals surface area contributed by atoms with Crippen LogP contribution in [0.2, 0.25) is 0 Å². The van der Waals surface area contributed by atoms with Crippen LogP contribution in [0.1, 0.15) is 5.89 Å². The molecule has 0 atom stereocenters. The Labute approximate surface area is 112 Å². The molecule has 0 saturated heterocycles. The summed E-state index contributed by atoms with van der Waals surface area (Å²) in [6.45, 7) is -0.199. The fraction of sp³-hybridized carbons (Fsp3) is 0.0833. The Morgan fingerprint density at radius 1 is 1.40 bits per heavy atom. The number of benzene rings is 1. The van der Waals surface area contributed by atoms with Gasteiger partial charge >= 0.3 is 0 Å². The van der Waals surface area contributed by atoms with Crippen molar-refractivity contribution >= 4 is 5.71 Å². The number of nitriles is 2. The van der Waals surface area contributed by atoms with Crippen molar-refractivity contribution in [3.63, 3.8) is 0 Å². The van der Waals surface area contributed by atoms with Crippen LogP contribution in [0, 0.1) is 28.5 Å². The van der Waals surface area contributed by atoms with Gasteiger partial charge in [-0.2, -0.15) is 15.5 Å². The van der Waals surface area contributed by atoms with E-state index in [1.54, 1.807) is 6.07 Å². The maximum atomic E-state index is 13.0. The Morgan fingerprint density at radius 3 is 2.90 bits per heavy atom. The fourth-order valence-electron chi connectivity index (χ4n) is 1.28. The van der Waals surface area contributed by atoms with Crippen LogP contribution in [0.5, 0.6) is 0 Å². The van der Waals surface area contributed by atoms with Gasteiger partial charge in [-0.25, -0.2) is 4.39 Å². The first kappa shape index (κ1) is 13.2. The Morgan fingerprint density at radius 2 is 2.20 bits per heavy atom. The van der Waals surface area contributed by atoms with E-state index in [0.717, 1.165) is 0 Å². The molecule has 0 unspecified atom stereocenters. The summed E-state index contributed by atoms with van der Waals surface area (Å²) < 4.78 is 17.9. The van der Waals surface area contributed by atoms with Crippen molar-refractivity contribution in [2.24, 2.45) is 5.16 Å². The minimum absolute atomic E-state index is 0.0863. The number of nitrogens with zero attached hydrogens (tertiary/aromatic N) is 5. The molecule has 0 fully saturated rings. The summed E-state index contributed by atoms with van der Waals surface area (Å²) in [4.78, 5) is 8.67. The number of oxime groups is 1. The van der Waals surface area contributed by atoms with Crippen molar-refractivity contribution < 1.29 is 13.8 Å². The van der Waals surface area contributed by atoms with Crippen molar-refractivity contribution in [3.05, 3.63) is 36.0 Å². The lowest BCUT2D eigenvalue weighted by atomic mass is 10.2. The van der Waals surface area contributed by atoms with Crippen molar-refractivity contribution in [1.29, 1.82) is 10.5 Å². The van der Waals surface area contributed by atoms with E-state index in [2.05, 4.69) is 15.3 Å². The molecule has 98 valence electrons. The van der Waals surface area contributed by atoms with E-state index >= 15 is 0 Å². The van der Waals surface area contributed by atoms with E-state index in [9.17, 15) is 4.39 Å². The largest absolute Gasteiger partial charge is 0.384 e. The second-order valence-corrected chi connectivity index (χ2v) is 3.46. The SMILES string of the molecule is N#CC(C#N)=NOCc1nc(-c2cccc(F)c2)no1. The van der Waals surface area contributed by atoms with Gasteiger partial charge in [-0.05, 0) is 12.1 Å². The molecule has 0 bridgehead atoms. The highest BCUT2D eigenvalue weighted by Gasteiger charge is 2.09. The Bertz CT molecular complexity index is 710. The van der Waals surface area contributed by atoms with Gasteiger partial charge in [0.2, 0.25) is 5.82 Å². The van der Waals surface area contributed by atoms with Crippen LogP contribution in [0.4, 0.5) is 4.39 Å². The first-order chi connectivity index (χ1) is 9.72. The number of hydrogen-bond donors (Lipinski definition) is 0. The zero-order valence-electron chi connectivity index (χ0n) is 9.95. The molecular formula is C12H6FN5O2. The van der Waals surface area contributed by atoms with Gasteiger partial charge < -0.3 is 9.36 Å². The Balaban J connectivity index is 2.05. The molecule has 2 aromatic rings. The quantitative estimate of drug-likeness (QED) is 0.619. The van der Waals surface area contributed by atoms with Gasteiger partial charge in [0.05, 0.1) is 0 Å². The van der Waals surface area contributed by atoms with Crippen LogP contribution >= 0.6 is 0 Å². The lowest BCUT2D eigenvalue weighted by molar-refractivity contribution is 0.106. The summed E-state index contributed by atoms with van der Waals surface area (Å²) in [7, 11) is 0. The molecule has 0 aliphatic rings. The van der Waals surface area contributed by atoms with Crippen LogP contribution in [0.3, 0.4) is 0 Å². The molecule has 0 radical (unpaired) electrons. The van der Waals surface area contributed by atoms with Crippen LogP contribution in [-0.4, -0.2) is 15.9 Å². The lowest BCUT2D eigenvalue weighted by Crippen LogP contribution is -1.93. The molecule has 0 amide bonds. The first-order valence-electron chi connectivity index (χ1n) is 5.31. The van der Waals surface area contributed by atoms with Gasteiger partial charge in [-0.15, -0.1) is 0 Å². The van der Waals surface area contributed by atoms with E-state index in [4.69, 9.17) is 19.9 Å². The molecule has 8 heteroatoms. The normalized spacial score (nSPS) is 9.35. The highest BCUT2D eigenvalue weighted by molar-refractivity contribution is 6.09. The van der Waals surface area contributed by atoms with Crippen LogP contribution in [0.25, 0.3) is 11.4 Å². The number of aromatic nitrogens is 2. The smallest absolute Gasteiger partial charge is 0.267 e. The third-order valence-electron chi connectivity index (χ3n) is 2.11. The molecule has 0 aliphatic carbocycles. The number of halogens is 1. The molecule has 0 spiro atoms. The Hall–Kier alpha value is -3.26. The van der Waals surface area contributed by atoms with E-state index in [1.165, 1.54) is 30.3 Å². The van der Waals surface area contributed by atoms with Crippen LogP contribution in [-0.2, 0) is 11.4 Å². The highest BCUT2D eigenvalue weighted by atomic mass is 19.1. The molecule has 7 nitrogen and oxygen atoms in total. The van der Waals surface area contributed by atoms with Crippen LogP contribution in [0.15, 0.2) is 33.9 Å². The van der Waals surface area contributed by atoms with E-state index < -0.39 is 11.5 Å². The third-order valence-corrected chi connectivity index (χ3v) is 2.11. The zero-order valence-corrected chi connectivity index (χ0v) is 9.95. The molecule has 1 aromatic heterocycles. The summed E-state index contributed by atoms with van der Waals surface area (Å²) >= 11 is 0. The lowest BCUT2D eigenvalue weighted by Gasteiger charge is -1.93. The standard InChI is InChI=1S/C12H6FN5O2/c13-9-3-1-2-8(4-9)12-16-11(20-18-12)7-19-17-10(5-14)6-15/h1-4H,7H2. The average molecular weight is 271 g/mol. The molecule has 2 rings (SSSR count). The van der Waals surface area contributed by atoms with Crippen molar-refractivity contribution in [1.82, 2.24) is 10.1 Å². The molecule has 0 aliphatic heterocycles. The average Bonchev–Trinajstić information content (AvgIpc) is 2.92. The van der Waals surface area contributed by atoms with Gasteiger partial charge in [0.25, 0.3) is 11.6 Å². The number of hydrogen-bond acceptors (Lipinski definition) is 7. The minimum atomic E-state index is -0.421. The van der Waals surface area contributed by atoms with Gasteiger partial charge in [-0.3, -0.25) is 0 Å². The van der Waals surface area contributed by atoms with Gasteiger partial charge in [-0.1, -0.05) is 22.4 Å². The second-order valence-electron chi connectivity index (χ2n) is 3.46. The molecule has 20 heavy (non-hydrogen) atoms. The monoisotopic (exact) mass is 271 g/mol. The molecule has 1 aromatic carbocycles. The first-order valence-corrected chi connectivity index (χ1v) is 5.31. The third kappa shape index (κ3) is 3.15. The topological polar surface area (TPSA) is 108 Å². The zero-order chi connectivity index (χ0) is 14.4. The fourth-order valence-corrected chi connectivity index (χ4v) is 1.28. The molecule has 0 N–H and O–H groups in total. The summed E-state index contributed by atoms with van der Waals surface area (Å²) in [5.74, 6) is -0.126. The van der Waals surface area contributed by atoms with Gasteiger partial charge in [0, 0.05) is 5.56 Å². The molecule has 1 heterocycles. The maximum Gasteiger partial charge on any atom is 0.267 e. The molecular weight excluding hydrogens is 265 g/mol. The molecule has 0 saturated carbocycles. The van der Waals surface area contributed by atoms with E-state index in [1.807, 2.05) is 0 Å². The van der Waals surface area contributed by atoms with Crippen LogP contribution < -0.4 is 0 Å². The summed E-state index contributed by atoms with van der Waals surface area (Å²) in [5.41, 5.74) is 0.0353. The summed E-state index contributed by atoms with van der Waals surface area (Å²) in [5, 5.41) is 23.8.